The first-order chi connectivity index (χ1) is 15.5. The van der Waals surface area contributed by atoms with Crippen LogP contribution in [0, 0.1) is 13.8 Å². The average Bonchev–Trinajstić information content (AvgIpc) is 2.72. The van der Waals surface area contributed by atoms with E-state index in [4.69, 9.17) is 37.6 Å². The van der Waals surface area contributed by atoms with Crippen LogP contribution in [0.3, 0.4) is 0 Å². The molecule has 3 rings (SSSR count). The molecule has 0 saturated carbocycles. The minimum absolute atomic E-state index is 0.143. The van der Waals surface area contributed by atoms with Crippen LogP contribution in [-0.4, -0.2) is 18.4 Å². The van der Waals surface area contributed by atoms with Crippen molar-refractivity contribution >= 4 is 39.8 Å². The van der Waals surface area contributed by atoms with Gasteiger partial charge in [0.2, 0.25) is 0 Å². The second-order valence-electron chi connectivity index (χ2n) is 8.64. The van der Waals surface area contributed by atoms with Crippen LogP contribution in [0.4, 0.5) is 5.69 Å². The Morgan fingerprint density at radius 2 is 1.58 bits per heavy atom. The number of phenols is 1. The standard InChI is InChI=1S/C26H29NO2.3ClH.Ti/c1-17-14-18(2)24(21(15-17)20-11-7-8-13-23(20)29-6)27-16-19-10-9-12-22(25(19)28)26(3,4)5;;;;/h7-16,28H,1-6H3;3*1H;/q;;;;+3/p-3. The van der Waals surface area contributed by atoms with Gasteiger partial charge in [-0.3, -0.25) is 4.99 Å². The summed E-state index contributed by atoms with van der Waals surface area (Å²) in [6.07, 6.45) is 1.75. The van der Waals surface area contributed by atoms with Crippen molar-refractivity contribution < 1.29 is 24.5 Å². The van der Waals surface area contributed by atoms with Gasteiger partial charge in [0.05, 0.1) is 12.8 Å². The van der Waals surface area contributed by atoms with E-state index in [1.54, 1.807) is 13.3 Å². The maximum absolute atomic E-state index is 10.8. The molecule has 0 aliphatic heterocycles. The van der Waals surface area contributed by atoms with Gasteiger partial charge in [-0.1, -0.05) is 62.7 Å². The van der Waals surface area contributed by atoms with E-state index in [2.05, 4.69) is 46.8 Å². The molecular weight excluding hydrogens is 513 g/mol. The molecule has 0 saturated heterocycles. The van der Waals surface area contributed by atoms with E-state index in [0.717, 1.165) is 33.7 Å². The molecule has 0 aliphatic rings. The van der Waals surface area contributed by atoms with Gasteiger partial charge < -0.3 is 9.84 Å². The fraction of sp³-hybridized carbons (Fsp3) is 0.269. The van der Waals surface area contributed by atoms with E-state index in [9.17, 15) is 5.11 Å². The quantitative estimate of drug-likeness (QED) is 0.265. The third-order valence-corrected chi connectivity index (χ3v) is 5.05. The second-order valence-corrected chi connectivity index (χ2v) is 16.4. The van der Waals surface area contributed by atoms with Gasteiger partial charge in [-0.25, -0.2) is 0 Å². The molecule has 0 aromatic heterocycles. The van der Waals surface area contributed by atoms with Gasteiger partial charge in [-0.05, 0) is 48.6 Å². The van der Waals surface area contributed by atoms with E-state index >= 15 is 0 Å². The molecule has 1 N–H and O–H groups in total. The van der Waals surface area contributed by atoms with Crippen molar-refractivity contribution in [2.45, 2.75) is 40.0 Å². The molecular formula is C26H29Cl3NO2Ti. The molecule has 0 fully saturated rings. The summed E-state index contributed by atoms with van der Waals surface area (Å²) in [4.78, 5) is 4.81. The number of hydrogen-bond acceptors (Lipinski definition) is 3. The Morgan fingerprint density at radius 3 is 2.18 bits per heavy atom. The van der Waals surface area contributed by atoms with Crippen LogP contribution in [-0.2, 0) is 20.1 Å². The zero-order chi connectivity index (χ0) is 24.8. The van der Waals surface area contributed by atoms with Gasteiger partial charge >= 0.3 is 42.6 Å². The number of aliphatic imine (C=N–C) groups is 1. The Morgan fingerprint density at radius 1 is 0.939 bits per heavy atom. The molecule has 3 aromatic carbocycles. The molecule has 175 valence electrons. The van der Waals surface area contributed by atoms with Crippen LogP contribution in [0.25, 0.3) is 11.1 Å². The van der Waals surface area contributed by atoms with E-state index in [-0.39, 0.29) is 11.2 Å². The number of phenolic OH excluding ortho intramolecular Hbond substituents is 1. The van der Waals surface area contributed by atoms with Crippen molar-refractivity contribution in [3.8, 4) is 22.6 Å². The van der Waals surface area contributed by atoms with Crippen molar-refractivity contribution in [1.29, 1.82) is 0 Å². The SMILES string of the molecule is COc1ccccc1-c1cc(C)cc(C)c1N=Cc1cccc(C(C)(C)C)c1O.[Cl][Ti]([Cl])[Cl]. The zero-order valence-electron chi connectivity index (χ0n) is 19.7. The number of methoxy groups -OCH3 is 1. The van der Waals surface area contributed by atoms with Crippen LogP contribution in [0.5, 0.6) is 11.5 Å². The number of hydrogen-bond donors (Lipinski definition) is 1. The predicted molar refractivity (Wildman–Crippen MR) is 140 cm³/mol. The number of nitrogens with zero attached hydrogens (tertiary/aromatic N) is 1. The molecule has 0 radical (unpaired) electrons. The van der Waals surface area contributed by atoms with Crippen molar-refractivity contribution in [3.05, 3.63) is 76.9 Å². The number of halogens is 3. The number of aromatic hydroxyl groups is 1. The Hall–Kier alpha value is -1.49. The molecule has 0 unspecified atom stereocenters. The molecule has 0 bridgehead atoms. The predicted octanol–water partition coefficient (Wildman–Crippen LogP) is 8.80. The Labute approximate surface area is 214 Å². The summed E-state index contributed by atoms with van der Waals surface area (Å²) in [5.41, 5.74) is 6.62. The molecule has 7 heteroatoms. The Kier molecular flexibility index (Phi) is 10.3. The number of aryl methyl sites for hydroxylation is 2. The minimum atomic E-state index is -1.92. The maximum atomic E-state index is 10.8. The fourth-order valence-electron chi connectivity index (χ4n) is 3.61. The summed E-state index contributed by atoms with van der Waals surface area (Å²) >= 11 is -1.92. The van der Waals surface area contributed by atoms with E-state index in [1.165, 1.54) is 5.56 Å². The van der Waals surface area contributed by atoms with Crippen LogP contribution < -0.4 is 4.74 Å². The fourth-order valence-corrected chi connectivity index (χ4v) is 3.61. The van der Waals surface area contributed by atoms with Crippen molar-refractivity contribution in [2.24, 2.45) is 4.99 Å². The number of rotatable bonds is 4. The number of ether oxygens (including phenoxy) is 1. The topological polar surface area (TPSA) is 41.8 Å². The van der Waals surface area contributed by atoms with Crippen molar-refractivity contribution in [2.75, 3.05) is 7.11 Å². The van der Waals surface area contributed by atoms with E-state index in [0.29, 0.717) is 5.56 Å². The average molecular weight is 542 g/mol. The first-order valence-electron chi connectivity index (χ1n) is 10.4. The third-order valence-electron chi connectivity index (χ3n) is 5.05. The van der Waals surface area contributed by atoms with Gasteiger partial charge in [-0.2, -0.15) is 0 Å². The van der Waals surface area contributed by atoms with Gasteiger partial charge in [0.25, 0.3) is 0 Å². The summed E-state index contributed by atoms with van der Waals surface area (Å²) < 4.78 is 5.58. The molecule has 3 aromatic rings. The first-order valence-corrected chi connectivity index (χ1v) is 16.8. The number of benzene rings is 3. The molecule has 0 spiro atoms. The Balaban J connectivity index is 0.000000890. The van der Waals surface area contributed by atoms with Crippen molar-refractivity contribution in [1.82, 2.24) is 0 Å². The molecule has 0 aliphatic carbocycles. The number of para-hydroxylation sites is 2. The second kappa shape index (κ2) is 12.3. The van der Waals surface area contributed by atoms with Gasteiger partial charge in [-0.15, -0.1) is 0 Å². The molecule has 0 atom stereocenters. The summed E-state index contributed by atoms with van der Waals surface area (Å²) in [6.45, 7) is 10.4. The van der Waals surface area contributed by atoms with Crippen LogP contribution >= 0.6 is 27.9 Å². The zero-order valence-corrected chi connectivity index (χ0v) is 23.5. The van der Waals surface area contributed by atoms with Gasteiger partial charge in [0.15, 0.2) is 0 Å². The Bertz CT molecular complexity index is 1120. The van der Waals surface area contributed by atoms with Crippen LogP contribution in [0.15, 0.2) is 59.6 Å². The van der Waals surface area contributed by atoms with Gasteiger partial charge in [0.1, 0.15) is 11.5 Å². The molecule has 3 nitrogen and oxygen atoms in total. The van der Waals surface area contributed by atoms with Crippen LogP contribution in [0.2, 0.25) is 0 Å². The van der Waals surface area contributed by atoms with Gasteiger partial charge in [0, 0.05) is 22.9 Å². The third kappa shape index (κ3) is 7.77. The van der Waals surface area contributed by atoms with E-state index in [1.807, 2.05) is 42.5 Å². The van der Waals surface area contributed by atoms with Crippen LogP contribution in [0.1, 0.15) is 43.0 Å². The molecule has 0 heterocycles. The molecule has 33 heavy (non-hydrogen) atoms. The summed E-state index contributed by atoms with van der Waals surface area (Å²) in [6, 6.07) is 18.0. The first kappa shape index (κ1) is 27.8. The monoisotopic (exact) mass is 540 g/mol. The van der Waals surface area contributed by atoms with E-state index < -0.39 is 14.7 Å². The summed E-state index contributed by atoms with van der Waals surface area (Å²) in [5, 5.41) is 10.8. The van der Waals surface area contributed by atoms with Crippen molar-refractivity contribution in [3.63, 3.8) is 0 Å². The molecule has 0 amide bonds. The summed E-state index contributed by atoms with van der Waals surface area (Å²) in [7, 11) is 16.6. The normalized spacial score (nSPS) is 11.2. The summed E-state index contributed by atoms with van der Waals surface area (Å²) in [5.74, 6) is 1.10.